The number of ether oxygens (including phenoxy) is 1. The summed E-state index contributed by atoms with van der Waals surface area (Å²) in [6, 6.07) is 6.86. The maximum absolute atomic E-state index is 12.6. The quantitative estimate of drug-likeness (QED) is 0.615. The molecule has 0 unspecified atom stereocenters. The average Bonchev–Trinajstić information content (AvgIpc) is 2.94. The van der Waals surface area contributed by atoms with Gasteiger partial charge in [-0.1, -0.05) is 12.1 Å². The minimum absolute atomic E-state index is 0.154. The minimum atomic E-state index is -0.448. The Hall–Kier alpha value is -2.45. The summed E-state index contributed by atoms with van der Waals surface area (Å²) in [5.74, 6) is -0.460. The van der Waals surface area contributed by atoms with Crippen LogP contribution in [-0.4, -0.2) is 91.4 Å². The number of benzene rings is 1. The topological polar surface area (TPSA) is 82.2 Å². The van der Waals surface area contributed by atoms with Crippen LogP contribution in [0.15, 0.2) is 24.3 Å². The molecule has 2 amide bonds. The molecule has 1 aliphatic heterocycles. The van der Waals surface area contributed by atoms with Crippen LogP contribution < -0.4 is 5.32 Å². The Morgan fingerprint density at radius 2 is 1.60 bits per heavy atom. The number of rotatable bonds is 9. The van der Waals surface area contributed by atoms with Crippen molar-refractivity contribution in [3.8, 4) is 0 Å². The first-order valence-corrected chi connectivity index (χ1v) is 10.8. The van der Waals surface area contributed by atoms with Crippen molar-refractivity contribution in [3.05, 3.63) is 29.8 Å². The number of carbonyl (C=O) groups is 3. The van der Waals surface area contributed by atoms with Gasteiger partial charge in [0.1, 0.15) is 0 Å². The molecule has 0 radical (unpaired) electrons. The van der Waals surface area contributed by atoms with E-state index in [0.29, 0.717) is 17.8 Å². The van der Waals surface area contributed by atoms with E-state index in [4.69, 9.17) is 4.74 Å². The molecule has 166 valence electrons. The number of hydrogen-bond donors (Lipinski definition) is 1. The van der Waals surface area contributed by atoms with Gasteiger partial charge in [0.25, 0.3) is 0 Å². The van der Waals surface area contributed by atoms with Crippen LogP contribution in [0.4, 0.5) is 5.69 Å². The highest BCUT2D eigenvalue weighted by Crippen LogP contribution is 2.16. The maximum atomic E-state index is 12.6. The van der Waals surface area contributed by atoms with E-state index in [1.807, 2.05) is 18.7 Å². The lowest BCUT2D eigenvalue weighted by Crippen LogP contribution is -2.42. The number of para-hydroxylation sites is 1. The lowest BCUT2D eigenvalue weighted by molar-refractivity contribution is -0.132. The zero-order valence-corrected chi connectivity index (χ0v) is 18.4. The van der Waals surface area contributed by atoms with Gasteiger partial charge in [0.05, 0.1) is 30.9 Å². The van der Waals surface area contributed by atoms with Gasteiger partial charge in [0, 0.05) is 26.2 Å². The summed E-state index contributed by atoms with van der Waals surface area (Å²) in [6.07, 6.45) is 0.901. The Labute approximate surface area is 179 Å². The summed E-state index contributed by atoms with van der Waals surface area (Å²) in [7, 11) is 0. The number of carbonyl (C=O) groups excluding carboxylic acids is 3. The van der Waals surface area contributed by atoms with E-state index in [2.05, 4.69) is 15.1 Å². The van der Waals surface area contributed by atoms with Gasteiger partial charge in [0.15, 0.2) is 0 Å². The summed E-state index contributed by atoms with van der Waals surface area (Å²) in [4.78, 5) is 43.1. The van der Waals surface area contributed by atoms with Gasteiger partial charge in [-0.25, -0.2) is 4.79 Å². The van der Waals surface area contributed by atoms with Crippen LogP contribution in [0.25, 0.3) is 0 Å². The van der Waals surface area contributed by atoms with E-state index < -0.39 is 5.97 Å². The zero-order chi connectivity index (χ0) is 21.9. The fraction of sp³-hybridized carbons (Fsp3) is 0.591. The molecule has 1 fully saturated rings. The molecule has 0 atom stereocenters. The summed E-state index contributed by atoms with van der Waals surface area (Å²) < 4.78 is 5.06. The fourth-order valence-corrected chi connectivity index (χ4v) is 3.58. The highest BCUT2D eigenvalue weighted by molar-refractivity contribution is 6.01. The summed E-state index contributed by atoms with van der Waals surface area (Å²) >= 11 is 0. The molecule has 0 bridgehead atoms. The zero-order valence-electron chi connectivity index (χ0n) is 18.4. The Balaban J connectivity index is 1.87. The van der Waals surface area contributed by atoms with Crippen LogP contribution >= 0.6 is 0 Å². The van der Waals surface area contributed by atoms with Crippen LogP contribution in [-0.2, 0) is 14.3 Å². The number of likely N-dealkylation sites (N-methyl/N-ethyl adjacent to an activating group) is 1. The van der Waals surface area contributed by atoms with Crippen molar-refractivity contribution in [2.45, 2.75) is 27.2 Å². The molecule has 1 aromatic carbocycles. The standard InChI is InChI=1S/C22H34N4O4/c1-4-26(5-2)21(28)17-25-13-9-12-24(14-15-25)16-20(27)23-19-11-8-7-10-18(19)22(29)30-6-3/h7-8,10-11H,4-6,9,12-17H2,1-3H3,(H,23,27). The Kier molecular flexibility index (Phi) is 9.76. The number of hydrogen-bond acceptors (Lipinski definition) is 6. The van der Waals surface area contributed by atoms with Crippen LogP contribution in [0.5, 0.6) is 0 Å². The second-order valence-electron chi connectivity index (χ2n) is 7.29. The number of esters is 1. The molecule has 8 nitrogen and oxygen atoms in total. The van der Waals surface area contributed by atoms with E-state index >= 15 is 0 Å². The van der Waals surface area contributed by atoms with Gasteiger partial charge in [-0.15, -0.1) is 0 Å². The molecule has 0 aliphatic carbocycles. The maximum Gasteiger partial charge on any atom is 0.340 e. The van der Waals surface area contributed by atoms with Gasteiger partial charge in [-0.05, 0) is 52.4 Å². The largest absolute Gasteiger partial charge is 0.462 e. The van der Waals surface area contributed by atoms with Gasteiger partial charge in [0.2, 0.25) is 11.8 Å². The second kappa shape index (κ2) is 12.3. The van der Waals surface area contributed by atoms with Gasteiger partial charge in [-0.3, -0.25) is 19.4 Å². The predicted octanol–water partition coefficient (Wildman–Crippen LogP) is 1.68. The third-order valence-corrected chi connectivity index (χ3v) is 5.22. The normalized spacial score (nSPS) is 15.3. The van der Waals surface area contributed by atoms with Crippen LogP contribution in [0.3, 0.4) is 0 Å². The van der Waals surface area contributed by atoms with Crippen molar-refractivity contribution in [1.29, 1.82) is 0 Å². The molecule has 0 aromatic heterocycles. The predicted molar refractivity (Wildman–Crippen MR) is 116 cm³/mol. The first kappa shape index (κ1) is 23.8. The van der Waals surface area contributed by atoms with E-state index in [9.17, 15) is 14.4 Å². The Morgan fingerprint density at radius 3 is 2.23 bits per heavy atom. The molecule has 0 saturated carbocycles. The second-order valence-corrected chi connectivity index (χ2v) is 7.29. The van der Waals surface area contributed by atoms with Crippen molar-refractivity contribution in [2.24, 2.45) is 0 Å². The van der Waals surface area contributed by atoms with Gasteiger partial charge in [-0.2, -0.15) is 0 Å². The van der Waals surface area contributed by atoms with Crippen molar-refractivity contribution < 1.29 is 19.1 Å². The highest BCUT2D eigenvalue weighted by atomic mass is 16.5. The molecule has 1 saturated heterocycles. The first-order valence-electron chi connectivity index (χ1n) is 10.8. The third-order valence-electron chi connectivity index (χ3n) is 5.22. The molecule has 2 rings (SSSR count). The van der Waals surface area contributed by atoms with Crippen molar-refractivity contribution in [3.63, 3.8) is 0 Å². The van der Waals surface area contributed by atoms with Crippen LogP contribution in [0.2, 0.25) is 0 Å². The minimum Gasteiger partial charge on any atom is -0.462 e. The molecular formula is C22H34N4O4. The van der Waals surface area contributed by atoms with Crippen molar-refractivity contribution in [1.82, 2.24) is 14.7 Å². The third kappa shape index (κ3) is 7.11. The molecule has 0 spiro atoms. The summed E-state index contributed by atoms with van der Waals surface area (Å²) in [6.45, 7) is 11.2. The lowest BCUT2D eigenvalue weighted by Gasteiger charge is -2.25. The monoisotopic (exact) mass is 418 g/mol. The van der Waals surface area contributed by atoms with Crippen molar-refractivity contribution in [2.75, 3.05) is 64.3 Å². The molecule has 1 N–H and O–H groups in total. The van der Waals surface area contributed by atoms with Crippen molar-refractivity contribution >= 4 is 23.5 Å². The number of nitrogens with zero attached hydrogens (tertiary/aromatic N) is 3. The molecular weight excluding hydrogens is 384 g/mol. The molecule has 8 heteroatoms. The molecule has 1 heterocycles. The van der Waals surface area contributed by atoms with Gasteiger partial charge < -0.3 is 15.0 Å². The number of anilines is 1. The Bertz CT molecular complexity index is 721. The average molecular weight is 419 g/mol. The Morgan fingerprint density at radius 1 is 0.967 bits per heavy atom. The molecule has 1 aliphatic rings. The van der Waals surface area contributed by atoms with E-state index in [-0.39, 0.29) is 25.0 Å². The fourth-order valence-electron chi connectivity index (χ4n) is 3.58. The lowest BCUT2D eigenvalue weighted by atomic mass is 10.2. The first-order chi connectivity index (χ1) is 14.5. The van der Waals surface area contributed by atoms with Crippen LogP contribution in [0.1, 0.15) is 37.6 Å². The number of nitrogens with one attached hydrogen (secondary N) is 1. The highest BCUT2D eigenvalue weighted by Gasteiger charge is 2.21. The SMILES string of the molecule is CCOC(=O)c1ccccc1NC(=O)CN1CCCN(CC(=O)N(CC)CC)CC1. The summed E-state index contributed by atoms with van der Waals surface area (Å²) in [5, 5.41) is 2.84. The molecule has 30 heavy (non-hydrogen) atoms. The molecule has 1 aromatic rings. The van der Waals surface area contributed by atoms with Gasteiger partial charge >= 0.3 is 5.97 Å². The van der Waals surface area contributed by atoms with E-state index in [1.54, 1.807) is 31.2 Å². The summed E-state index contributed by atoms with van der Waals surface area (Å²) in [5.41, 5.74) is 0.812. The van der Waals surface area contributed by atoms with E-state index in [0.717, 1.165) is 45.7 Å². The smallest absolute Gasteiger partial charge is 0.340 e. The number of amides is 2. The van der Waals surface area contributed by atoms with E-state index in [1.165, 1.54) is 0 Å². The van der Waals surface area contributed by atoms with Crippen LogP contribution in [0, 0.1) is 0 Å².